The Bertz CT molecular complexity index is 470. The van der Waals surface area contributed by atoms with Crippen LogP contribution in [0, 0.1) is 11.7 Å². The Morgan fingerprint density at radius 1 is 1.45 bits per heavy atom. The predicted molar refractivity (Wildman–Crippen MR) is 78.8 cm³/mol. The van der Waals surface area contributed by atoms with E-state index in [2.05, 4.69) is 5.32 Å². The van der Waals surface area contributed by atoms with Gasteiger partial charge in [-0.2, -0.15) is 0 Å². The molecule has 0 spiro atoms. The first-order valence-corrected chi connectivity index (χ1v) is 6.50. The molecule has 2 unspecified atom stereocenters. The lowest BCUT2D eigenvalue weighted by molar-refractivity contribution is -0.120. The highest BCUT2D eigenvalue weighted by Crippen LogP contribution is 2.26. The van der Waals surface area contributed by atoms with Crippen LogP contribution in [0.3, 0.4) is 0 Å². The third-order valence-electron chi connectivity index (χ3n) is 3.50. The summed E-state index contributed by atoms with van der Waals surface area (Å²) in [5.41, 5.74) is 6.42. The third kappa shape index (κ3) is 4.08. The van der Waals surface area contributed by atoms with Crippen molar-refractivity contribution in [1.29, 1.82) is 0 Å². The second-order valence-electron chi connectivity index (χ2n) is 4.96. The third-order valence-corrected chi connectivity index (χ3v) is 3.50. The van der Waals surface area contributed by atoms with Crippen LogP contribution in [0.4, 0.5) is 10.1 Å². The van der Waals surface area contributed by atoms with E-state index in [1.165, 1.54) is 25.3 Å². The van der Waals surface area contributed by atoms with Gasteiger partial charge in [0.1, 0.15) is 0 Å². The quantitative estimate of drug-likeness (QED) is 0.902. The fourth-order valence-electron chi connectivity index (χ4n) is 2.45. The van der Waals surface area contributed by atoms with Gasteiger partial charge >= 0.3 is 0 Å². The van der Waals surface area contributed by atoms with Gasteiger partial charge in [-0.1, -0.05) is 6.42 Å². The Hall–Kier alpha value is -1.33. The summed E-state index contributed by atoms with van der Waals surface area (Å²) in [4.78, 5) is 12.1. The van der Waals surface area contributed by atoms with Crippen LogP contribution in [0.5, 0.6) is 5.75 Å². The lowest BCUT2D eigenvalue weighted by Gasteiger charge is -2.25. The lowest BCUT2D eigenvalue weighted by atomic mass is 9.85. The summed E-state index contributed by atoms with van der Waals surface area (Å²) in [6.45, 7) is 0. The molecule has 1 aromatic carbocycles. The maximum absolute atomic E-state index is 13.3. The van der Waals surface area contributed by atoms with E-state index in [1.54, 1.807) is 0 Å². The lowest BCUT2D eigenvalue weighted by Crippen LogP contribution is -2.34. The van der Waals surface area contributed by atoms with Crippen LogP contribution in [0.2, 0.25) is 0 Å². The van der Waals surface area contributed by atoms with Crippen molar-refractivity contribution in [2.45, 2.75) is 31.7 Å². The maximum Gasteiger partial charge on any atom is 0.227 e. The molecule has 112 valence electrons. The molecule has 20 heavy (non-hydrogen) atoms. The second-order valence-corrected chi connectivity index (χ2v) is 4.96. The zero-order chi connectivity index (χ0) is 13.8. The Kier molecular flexibility index (Phi) is 6.23. The number of rotatable bonds is 3. The number of nitrogens with one attached hydrogen (secondary N) is 1. The monoisotopic (exact) mass is 302 g/mol. The molecular formula is C14H20ClFN2O2. The normalized spacial score (nSPS) is 21.8. The van der Waals surface area contributed by atoms with E-state index in [9.17, 15) is 9.18 Å². The Morgan fingerprint density at radius 2 is 2.20 bits per heavy atom. The van der Waals surface area contributed by atoms with Crippen LogP contribution in [0.1, 0.15) is 25.7 Å². The molecule has 3 N–H and O–H groups in total. The van der Waals surface area contributed by atoms with E-state index >= 15 is 0 Å². The fourth-order valence-corrected chi connectivity index (χ4v) is 2.45. The van der Waals surface area contributed by atoms with Gasteiger partial charge in [0.15, 0.2) is 11.6 Å². The molecule has 0 heterocycles. The van der Waals surface area contributed by atoms with Crippen LogP contribution in [0.15, 0.2) is 18.2 Å². The van der Waals surface area contributed by atoms with Crippen molar-refractivity contribution in [3.05, 3.63) is 24.0 Å². The first kappa shape index (κ1) is 16.7. The summed E-state index contributed by atoms with van der Waals surface area (Å²) in [7, 11) is 1.39. The van der Waals surface area contributed by atoms with E-state index in [4.69, 9.17) is 10.5 Å². The highest BCUT2D eigenvalue weighted by Gasteiger charge is 2.25. The van der Waals surface area contributed by atoms with Gasteiger partial charge in [-0.15, -0.1) is 12.4 Å². The molecule has 1 aliphatic carbocycles. The molecule has 1 aliphatic rings. The molecule has 2 rings (SSSR count). The van der Waals surface area contributed by atoms with E-state index in [1.807, 2.05) is 0 Å². The topological polar surface area (TPSA) is 64.3 Å². The minimum atomic E-state index is -0.444. The number of methoxy groups -OCH3 is 1. The zero-order valence-corrected chi connectivity index (χ0v) is 12.2. The summed E-state index contributed by atoms with van der Waals surface area (Å²) in [6, 6.07) is 4.39. The van der Waals surface area contributed by atoms with E-state index in [0.29, 0.717) is 12.1 Å². The minimum absolute atomic E-state index is 0. The van der Waals surface area contributed by atoms with Gasteiger partial charge in [-0.05, 0) is 31.4 Å². The molecule has 1 aromatic rings. The molecule has 6 heteroatoms. The predicted octanol–water partition coefficient (Wildman–Crippen LogP) is 2.71. The highest BCUT2D eigenvalue weighted by molar-refractivity contribution is 5.92. The number of hydrogen-bond donors (Lipinski definition) is 2. The van der Waals surface area contributed by atoms with Crippen molar-refractivity contribution in [2.24, 2.45) is 11.7 Å². The number of carbonyl (C=O) groups excluding carboxylic acids is 1. The summed E-state index contributed by atoms with van der Waals surface area (Å²) in [5.74, 6) is -0.429. The Morgan fingerprint density at radius 3 is 2.85 bits per heavy atom. The molecule has 0 bridgehead atoms. The fraction of sp³-hybridized carbons (Fsp3) is 0.500. The molecular weight excluding hydrogens is 283 g/mol. The van der Waals surface area contributed by atoms with Gasteiger partial charge in [-0.25, -0.2) is 4.39 Å². The highest BCUT2D eigenvalue weighted by atomic mass is 35.5. The van der Waals surface area contributed by atoms with Gasteiger partial charge < -0.3 is 15.8 Å². The van der Waals surface area contributed by atoms with Crippen LogP contribution >= 0.6 is 12.4 Å². The molecule has 1 saturated carbocycles. The number of anilines is 1. The van der Waals surface area contributed by atoms with E-state index < -0.39 is 5.82 Å². The smallest absolute Gasteiger partial charge is 0.227 e. The first-order valence-electron chi connectivity index (χ1n) is 6.50. The maximum atomic E-state index is 13.3. The van der Waals surface area contributed by atoms with Gasteiger partial charge in [0.25, 0.3) is 0 Å². The summed E-state index contributed by atoms with van der Waals surface area (Å²) >= 11 is 0. The molecule has 0 radical (unpaired) electrons. The van der Waals surface area contributed by atoms with Gasteiger partial charge in [0, 0.05) is 23.7 Å². The Balaban J connectivity index is 0.00000200. The average Bonchev–Trinajstić information content (AvgIpc) is 2.41. The van der Waals surface area contributed by atoms with E-state index in [-0.39, 0.29) is 36.0 Å². The van der Waals surface area contributed by atoms with E-state index in [0.717, 1.165) is 19.3 Å². The Labute approximate surface area is 124 Å². The molecule has 0 saturated heterocycles. The molecule has 2 atom stereocenters. The molecule has 0 aromatic heterocycles. The molecule has 0 aliphatic heterocycles. The number of halogens is 2. The molecule has 1 fully saturated rings. The van der Waals surface area contributed by atoms with Crippen LogP contribution in [-0.2, 0) is 4.79 Å². The van der Waals surface area contributed by atoms with Gasteiger partial charge in [0.05, 0.1) is 7.11 Å². The van der Waals surface area contributed by atoms with Crippen LogP contribution in [-0.4, -0.2) is 19.1 Å². The average molecular weight is 303 g/mol. The van der Waals surface area contributed by atoms with Crippen molar-refractivity contribution in [1.82, 2.24) is 0 Å². The number of ether oxygens (including phenoxy) is 1. The number of nitrogens with two attached hydrogens (primary N) is 1. The van der Waals surface area contributed by atoms with Gasteiger partial charge in [0.2, 0.25) is 5.91 Å². The van der Waals surface area contributed by atoms with Crippen LogP contribution < -0.4 is 15.8 Å². The number of carbonyl (C=O) groups is 1. The zero-order valence-electron chi connectivity index (χ0n) is 11.4. The number of amides is 1. The standard InChI is InChI=1S/C14H19FN2O2.ClH/c1-19-13-8-11(5-6-12(13)15)17-14(18)9-3-2-4-10(16)7-9;/h5-6,8-10H,2-4,7,16H2,1H3,(H,17,18);1H. The van der Waals surface area contributed by atoms with Gasteiger partial charge in [-0.3, -0.25) is 4.79 Å². The summed E-state index contributed by atoms with van der Waals surface area (Å²) in [6.07, 6.45) is 3.53. The van der Waals surface area contributed by atoms with Crippen LogP contribution in [0.25, 0.3) is 0 Å². The molecule has 4 nitrogen and oxygen atoms in total. The number of hydrogen-bond acceptors (Lipinski definition) is 3. The summed E-state index contributed by atoms with van der Waals surface area (Å²) < 4.78 is 18.1. The summed E-state index contributed by atoms with van der Waals surface area (Å²) in [5, 5.41) is 2.79. The van der Waals surface area contributed by atoms with Crippen molar-refractivity contribution in [3.8, 4) is 5.75 Å². The largest absolute Gasteiger partial charge is 0.494 e. The van der Waals surface area contributed by atoms with Crippen molar-refractivity contribution in [3.63, 3.8) is 0 Å². The number of benzene rings is 1. The van der Waals surface area contributed by atoms with Crippen molar-refractivity contribution >= 4 is 24.0 Å². The molecule has 1 amide bonds. The SMILES string of the molecule is COc1cc(NC(=O)C2CCCC(N)C2)ccc1F.Cl. The minimum Gasteiger partial charge on any atom is -0.494 e. The van der Waals surface area contributed by atoms with Crippen molar-refractivity contribution < 1.29 is 13.9 Å². The first-order chi connectivity index (χ1) is 9.10. The second kappa shape index (κ2) is 7.45. The van der Waals surface area contributed by atoms with Crippen molar-refractivity contribution in [2.75, 3.05) is 12.4 Å².